The van der Waals surface area contributed by atoms with Crippen molar-refractivity contribution in [1.29, 1.82) is 0 Å². The number of nitrogens with zero attached hydrogens (tertiary/aromatic N) is 2. The minimum absolute atomic E-state index is 0.104. The van der Waals surface area contributed by atoms with Crippen molar-refractivity contribution in [3.05, 3.63) is 11.2 Å². The highest BCUT2D eigenvalue weighted by atomic mass is 35.5. The molecule has 0 aliphatic heterocycles. The third-order valence-corrected chi connectivity index (χ3v) is 4.21. The number of rotatable bonds is 5. The van der Waals surface area contributed by atoms with E-state index in [4.69, 9.17) is 11.6 Å². The van der Waals surface area contributed by atoms with E-state index in [1.54, 1.807) is 7.05 Å². The van der Waals surface area contributed by atoms with Crippen LogP contribution in [0.1, 0.15) is 0 Å². The van der Waals surface area contributed by atoms with Crippen LogP contribution in [-0.2, 0) is 9.84 Å². The normalized spacial score (nSPS) is 11.4. The highest BCUT2D eigenvalue weighted by Crippen LogP contribution is 2.25. The molecule has 0 radical (unpaired) electrons. The van der Waals surface area contributed by atoms with Crippen molar-refractivity contribution < 1.29 is 8.42 Å². The van der Waals surface area contributed by atoms with Crippen molar-refractivity contribution in [2.24, 2.45) is 0 Å². The Morgan fingerprint density at radius 2 is 2.25 bits per heavy atom. The highest BCUT2D eigenvalue weighted by Gasteiger charge is 2.08. The van der Waals surface area contributed by atoms with Gasteiger partial charge in [-0.1, -0.05) is 11.6 Å². The number of nitrogens with one attached hydrogen (secondary N) is 1. The van der Waals surface area contributed by atoms with Crippen LogP contribution in [0.4, 0.5) is 5.95 Å². The van der Waals surface area contributed by atoms with E-state index in [2.05, 4.69) is 15.3 Å². The van der Waals surface area contributed by atoms with Crippen molar-refractivity contribution in [3.8, 4) is 0 Å². The molecule has 5 nitrogen and oxygen atoms in total. The van der Waals surface area contributed by atoms with Crippen molar-refractivity contribution >= 4 is 39.1 Å². The summed E-state index contributed by atoms with van der Waals surface area (Å²) in [6, 6.07) is 0. The first-order valence-electron chi connectivity index (χ1n) is 4.43. The lowest BCUT2D eigenvalue weighted by Gasteiger charge is -2.04. The molecule has 0 aliphatic rings. The zero-order valence-electron chi connectivity index (χ0n) is 8.90. The largest absolute Gasteiger partial charge is 0.357 e. The van der Waals surface area contributed by atoms with Crippen LogP contribution in [0.5, 0.6) is 0 Å². The van der Waals surface area contributed by atoms with E-state index < -0.39 is 9.84 Å². The van der Waals surface area contributed by atoms with E-state index in [0.29, 0.717) is 21.7 Å². The van der Waals surface area contributed by atoms with Crippen molar-refractivity contribution in [2.45, 2.75) is 5.03 Å². The number of hydrogen-bond acceptors (Lipinski definition) is 6. The molecule has 0 fully saturated rings. The second-order valence-corrected chi connectivity index (χ2v) is 6.83. The van der Waals surface area contributed by atoms with Crippen LogP contribution < -0.4 is 5.32 Å². The zero-order valence-corrected chi connectivity index (χ0v) is 11.3. The first-order valence-corrected chi connectivity index (χ1v) is 7.85. The summed E-state index contributed by atoms with van der Waals surface area (Å²) in [5, 5.41) is 3.80. The smallest absolute Gasteiger partial charge is 0.223 e. The van der Waals surface area contributed by atoms with Gasteiger partial charge in [-0.05, 0) is 0 Å². The zero-order chi connectivity index (χ0) is 12.2. The lowest BCUT2D eigenvalue weighted by molar-refractivity contribution is 0.603. The standard InChI is InChI=1S/C8H12ClN3O2S2/c1-10-8-11-5-6(9)7(12-8)15-3-4-16(2,13)14/h5H,3-4H2,1-2H3,(H,10,11,12). The fourth-order valence-electron chi connectivity index (χ4n) is 0.863. The molecule has 0 unspecified atom stereocenters. The number of hydrogen-bond donors (Lipinski definition) is 1. The summed E-state index contributed by atoms with van der Waals surface area (Å²) >= 11 is 7.18. The van der Waals surface area contributed by atoms with E-state index in [9.17, 15) is 8.42 Å². The van der Waals surface area contributed by atoms with E-state index in [1.807, 2.05) is 0 Å². The molecule has 0 saturated heterocycles. The molecule has 1 heterocycles. The molecule has 1 N–H and O–H groups in total. The van der Waals surface area contributed by atoms with Gasteiger partial charge in [-0.3, -0.25) is 0 Å². The Bertz CT molecular complexity index is 464. The third-order valence-electron chi connectivity index (χ3n) is 1.63. The van der Waals surface area contributed by atoms with Gasteiger partial charge in [0.2, 0.25) is 5.95 Å². The van der Waals surface area contributed by atoms with E-state index in [0.717, 1.165) is 0 Å². The van der Waals surface area contributed by atoms with Crippen LogP contribution in [0.25, 0.3) is 0 Å². The van der Waals surface area contributed by atoms with E-state index in [1.165, 1.54) is 24.2 Å². The topological polar surface area (TPSA) is 72.0 Å². The molecule has 0 aliphatic carbocycles. The average Bonchev–Trinajstić information content (AvgIpc) is 2.19. The lowest BCUT2D eigenvalue weighted by Crippen LogP contribution is -2.05. The molecular formula is C8H12ClN3O2S2. The first-order chi connectivity index (χ1) is 7.42. The summed E-state index contributed by atoms with van der Waals surface area (Å²) in [7, 11) is -1.24. The van der Waals surface area contributed by atoms with Gasteiger partial charge < -0.3 is 5.32 Å². The van der Waals surface area contributed by atoms with Crippen molar-refractivity contribution in [1.82, 2.24) is 9.97 Å². The van der Waals surface area contributed by atoms with Gasteiger partial charge in [-0.25, -0.2) is 18.4 Å². The second kappa shape index (κ2) is 5.70. The van der Waals surface area contributed by atoms with Gasteiger partial charge in [0, 0.05) is 19.1 Å². The Morgan fingerprint density at radius 3 is 2.81 bits per heavy atom. The minimum Gasteiger partial charge on any atom is -0.357 e. The maximum atomic E-state index is 10.9. The average molecular weight is 282 g/mol. The number of anilines is 1. The Kier molecular flexibility index (Phi) is 4.82. The molecule has 1 aromatic heterocycles. The summed E-state index contributed by atoms with van der Waals surface area (Å²) < 4.78 is 21.9. The maximum Gasteiger partial charge on any atom is 0.223 e. The summed E-state index contributed by atoms with van der Waals surface area (Å²) in [5.41, 5.74) is 0. The number of aromatic nitrogens is 2. The maximum absolute atomic E-state index is 10.9. The van der Waals surface area contributed by atoms with Crippen LogP contribution in [-0.4, -0.2) is 43.2 Å². The molecule has 16 heavy (non-hydrogen) atoms. The molecule has 90 valence electrons. The molecule has 8 heteroatoms. The van der Waals surface area contributed by atoms with Gasteiger partial charge in [-0.2, -0.15) is 0 Å². The lowest BCUT2D eigenvalue weighted by atomic mass is 10.6. The summed E-state index contributed by atoms with van der Waals surface area (Å²) in [5.74, 6) is 0.997. The van der Waals surface area contributed by atoms with Gasteiger partial charge in [-0.15, -0.1) is 11.8 Å². The third kappa shape index (κ3) is 4.54. The molecule has 0 aromatic carbocycles. The Labute approximate surface area is 104 Å². The molecule has 1 rings (SSSR count). The number of sulfone groups is 1. The molecule has 1 aromatic rings. The summed E-state index contributed by atoms with van der Waals surface area (Å²) in [4.78, 5) is 8.05. The fourth-order valence-corrected chi connectivity index (χ4v) is 3.20. The molecular weight excluding hydrogens is 270 g/mol. The van der Waals surface area contributed by atoms with Gasteiger partial charge >= 0.3 is 0 Å². The predicted molar refractivity (Wildman–Crippen MR) is 67.0 cm³/mol. The van der Waals surface area contributed by atoms with E-state index >= 15 is 0 Å². The molecule has 0 bridgehead atoms. The van der Waals surface area contributed by atoms with Crippen molar-refractivity contribution in [3.63, 3.8) is 0 Å². The summed E-state index contributed by atoms with van der Waals surface area (Å²) in [6.07, 6.45) is 2.69. The number of halogens is 1. The van der Waals surface area contributed by atoms with E-state index in [-0.39, 0.29) is 5.75 Å². The molecule has 0 amide bonds. The Morgan fingerprint density at radius 1 is 1.56 bits per heavy atom. The SMILES string of the molecule is CNc1ncc(Cl)c(SCCS(C)(=O)=O)n1. The first kappa shape index (κ1) is 13.5. The second-order valence-electron chi connectivity index (χ2n) is 3.08. The minimum atomic E-state index is -2.95. The van der Waals surface area contributed by atoms with Crippen LogP contribution >= 0.6 is 23.4 Å². The van der Waals surface area contributed by atoms with Gasteiger partial charge in [0.15, 0.2) is 0 Å². The Hall–Kier alpha value is -0.530. The molecule has 0 saturated carbocycles. The molecule has 0 atom stereocenters. The quantitative estimate of drug-likeness (QED) is 0.648. The predicted octanol–water partition coefficient (Wildman–Crippen LogP) is 1.31. The van der Waals surface area contributed by atoms with Crippen LogP contribution in [0.2, 0.25) is 5.02 Å². The van der Waals surface area contributed by atoms with Gasteiger partial charge in [0.1, 0.15) is 14.9 Å². The van der Waals surface area contributed by atoms with Crippen molar-refractivity contribution in [2.75, 3.05) is 30.1 Å². The Balaban J connectivity index is 2.66. The fraction of sp³-hybridized carbons (Fsp3) is 0.500. The van der Waals surface area contributed by atoms with Gasteiger partial charge in [0.05, 0.1) is 17.0 Å². The van der Waals surface area contributed by atoms with Gasteiger partial charge in [0.25, 0.3) is 0 Å². The van der Waals surface area contributed by atoms with Crippen LogP contribution in [0.3, 0.4) is 0 Å². The number of thioether (sulfide) groups is 1. The van der Waals surface area contributed by atoms with Crippen LogP contribution in [0.15, 0.2) is 11.2 Å². The molecule has 0 spiro atoms. The highest BCUT2D eigenvalue weighted by molar-refractivity contribution is 8.00. The summed E-state index contributed by atoms with van der Waals surface area (Å²) in [6.45, 7) is 0. The van der Waals surface area contributed by atoms with Crippen LogP contribution in [0, 0.1) is 0 Å². The monoisotopic (exact) mass is 281 g/mol.